The number of benzene rings is 3. The third kappa shape index (κ3) is 6.58. The van der Waals surface area contributed by atoms with E-state index in [9.17, 15) is 0 Å². The van der Waals surface area contributed by atoms with Gasteiger partial charge >= 0.3 is 21.7 Å². The first kappa shape index (κ1) is 34.7. The molecule has 4 rings (SSSR count). The molecule has 0 amide bonds. The average Bonchev–Trinajstić information content (AvgIpc) is 2.99. The van der Waals surface area contributed by atoms with Gasteiger partial charge in [0.25, 0.3) is 0 Å². The summed E-state index contributed by atoms with van der Waals surface area (Å²) in [5.41, 5.74) is 15.5. The second kappa shape index (κ2) is 13.5. The summed E-state index contributed by atoms with van der Waals surface area (Å²) < 4.78 is 0. The van der Waals surface area contributed by atoms with Crippen LogP contribution in [0.1, 0.15) is 70.3 Å². The molecule has 0 spiro atoms. The van der Waals surface area contributed by atoms with Crippen LogP contribution in [0.2, 0.25) is 0 Å². The fraction of sp³-hybridized carbons (Fsp3) is 0.312. The maximum Gasteiger partial charge on any atom is 4.00 e. The third-order valence-electron chi connectivity index (χ3n) is 6.84. The first-order valence-corrected chi connectivity index (χ1v) is 11.7. The molecule has 0 heterocycles. The van der Waals surface area contributed by atoms with Gasteiger partial charge in [0.15, 0.2) is 0 Å². The van der Waals surface area contributed by atoms with Gasteiger partial charge in [-0.05, 0) is 58.2 Å². The van der Waals surface area contributed by atoms with Crippen molar-refractivity contribution in [1.82, 2.24) is 0 Å². The molecular formula is C32H35Cl3Ti. The van der Waals surface area contributed by atoms with Gasteiger partial charge in [0.2, 0.25) is 0 Å². The molecule has 0 bridgehead atoms. The number of aryl methyl sites for hydroxylation is 6. The summed E-state index contributed by atoms with van der Waals surface area (Å²) in [6, 6.07) is 21.2. The van der Waals surface area contributed by atoms with Gasteiger partial charge in [0.1, 0.15) is 0 Å². The molecule has 0 N–H and O–H groups in total. The van der Waals surface area contributed by atoms with E-state index in [-0.39, 0.29) is 64.4 Å². The van der Waals surface area contributed by atoms with Crippen LogP contribution in [0, 0.1) is 47.6 Å². The molecule has 1 aliphatic rings. The van der Waals surface area contributed by atoms with Crippen molar-refractivity contribution >= 4 is 0 Å². The van der Waals surface area contributed by atoms with Crippen LogP contribution < -0.4 is 37.2 Å². The predicted octanol–water partition coefficient (Wildman–Crippen LogP) is -0.649. The Morgan fingerprint density at radius 3 is 1.00 bits per heavy atom. The minimum Gasteiger partial charge on any atom is -1.00 e. The van der Waals surface area contributed by atoms with Crippen molar-refractivity contribution in [2.75, 3.05) is 0 Å². The zero-order valence-corrected chi connectivity index (χ0v) is 26.4. The fourth-order valence-corrected chi connectivity index (χ4v) is 5.60. The first-order valence-electron chi connectivity index (χ1n) is 11.7. The second-order valence-corrected chi connectivity index (χ2v) is 10.1. The Kier molecular flexibility index (Phi) is 13.0. The van der Waals surface area contributed by atoms with Crippen LogP contribution in [0.5, 0.6) is 0 Å². The summed E-state index contributed by atoms with van der Waals surface area (Å²) in [5.74, 6) is 0. The molecule has 3 aromatic carbocycles. The minimum atomic E-state index is -0.372. The molecule has 0 unspecified atom stereocenters. The summed E-state index contributed by atoms with van der Waals surface area (Å²) in [7, 11) is 0. The molecular weight excluding hydrogens is 539 g/mol. The standard InChI is InChI=1S/C32H35.3ClH.Ti/c1-20-9-21(2)13-28(12-20)32(31-18-26(7)27(8)19-31,29-14-22(3)10-23(4)15-29)30-16-24(5)11-25(6)17-30;;;;/h9-17H,18H2,1-8H3;3*1H;/q-1;;;;+4/p-3. The Morgan fingerprint density at radius 1 is 0.500 bits per heavy atom. The van der Waals surface area contributed by atoms with Crippen molar-refractivity contribution < 1.29 is 58.9 Å². The van der Waals surface area contributed by atoms with E-state index >= 15 is 0 Å². The van der Waals surface area contributed by atoms with Gasteiger partial charge in [0.05, 0.1) is 0 Å². The van der Waals surface area contributed by atoms with Gasteiger partial charge in [0, 0.05) is 5.41 Å². The number of hydrogen-bond donors (Lipinski definition) is 0. The third-order valence-corrected chi connectivity index (χ3v) is 6.84. The van der Waals surface area contributed by atoms with Crippen LogP contribution in [0.3, 0.4) is 0 Å². The second-order valence-electron chi connectivity index (χ2n) is 10.1. The van der Waals surface area contributed by atoms with Gasteiger partial charge in [-0.1, -0.05) is 101 Å². The Morgan fingerprint density at radius 2 is 0.778 bits per heavy atom. The number of rotatable bonds is 4. The Bertz CT molecular complexity index is 1100. The van der Waals surface area contributed by atoms with Crippen molar-refractivity contribution in [1.29, 1.82) is 0 Å². The van der Waals surface area contributed by atoms with E-state index in [1.165, 1.54) is 66.8 Å². The smallest absolute Gasteiger partial charge is 1.00 e. The number of allylic oxidation sites excluding steroid dienone is 4. The summed E-state index contributed by atoms with van der Waals surface area (Å²) in [6.45, 7) is 17.7. The Labute approximate surface area is 252 Å². The zero-order chi connectivity index (χ0) is 23.2. The molecule has 0 nitrogen and oxygen atoms in total. The molecule has 3 aromatic rings. The molecule has 1 aliphatic carbocycles. The summed E-state index contributed by atoms with van der Waals surface area (Å²) in [5, 5.41) is 0. The van der Waals surface area contributed by atoms with E-state index in [1.54, 1.807) is 0 Å². The normalized spacial score (nSPS) is 12.6. The minimum absolute atomic E-state index is 0. The van der Waals surface area contributed by atoms with Crippen LogP contribution in [-0.2, 0) is 27.1 Å². The fourth-order valence-electron chi connectivity index (χ4n) is 5.60. The average molecular weight is 574 g/mol. The van der Waals surface area contributed by atoms with E-state index in [2.05, 4.69) is 116 Å². The van der Waals surface area contributed by atoms with Crippen LogP contribution in [0.25, 0.3) is 0 Å². The van der Waals surface area contributed by atoms with Crippen molar-refractivity contribution in [3.8, 4) is 0 Å². The first-order chi connectivity index (χ1) is 15.1. The molecule has 36 heavy (non-hydrogen) atoms. The predicted molar refractivity (Wildman–Crippen MR) is 137 cm³/mol. The zero-order valence-electron chi connectivity index (χ0n) is 22.5. The van der Waals surface area contributed by atoms with Gasteiger partial charge < -0.3 is 37.2 Å². The summed E-state index contributed by atoms with van der Waals surface area (Å²) >= 11 is 0. The summed E-state index contributed by atoms with van der Waals surface area (Å²) in [6.07, 6.45) is 4.81. The van der Waals surface area contributed by atoms with Gasteiger partial charge in [-0.2, -0.15) is 5.57 Å². The number of halogens is 3. The van der Waals surface area contributed by atoms with E-state index in [0.29, 0.717) is 0 Å². The molecule has 188 valence electrons. The van der Waals surface area contributed by atoms with Gasteiger partial charge in [-0.3, -0.25) is 0 Å². The van der Waals surface area contributed by atoms with Crippen molar-refractivity contribution in [3.05, 3.63) is 127 Å². The molecule has 0 saturated carbocycles. The molecule has 0 fully saturated rings. The van der Waals surface area contributed by atoms with E-state index in [0.717, 1.165) is 6.42 Å². The van der Waals surface area contributed by atoms with Crippen molar-refractivity contribution in [3.63, 3.8) is 0 Å². The molecule has 0 radical (unpaired) electrons. The van der Waals surface area contributed by atoms with E-state index in [1.807, 2.05) is 0 Å². The molecule has 0 atom stereocenters. The topological polar surface area (TPSA) is 0 Å². The van der Waals surface area contributed by atoms with Crippen LogP contribution >= 0.6 is 0 Å². The van der Waals surface area contributed by atoms with Crippen molar-refractivity contribution in [2.45, 2.75) is 67.2 Å². The maximum absolute atomic E-state index is 3.85. The van der Waals surface area contributed by atoms with Crippen LogP contribution in [0.15, 0.2) is 71.3 Å². The molecule has 0 aliphatic heterocycles. The molecule has 4 heteroatoms. The number of hydrogen-bond acceptors (Lipinski definition) is 0. The van der Waals surface area contributed by atoms with Crippen LogP contribution in [0.4, 0.5) is 0 Å². The SMILES string of the molecule is CC1=C(C)CC(C(c2cc(C)cc(C)c2)(c2cc(C)cc(C)c2)c2cc(C)cc(C)c2)=[C-]1.[Cl-].[Cl-].[Cl-].[Ti+4]. The van der Waals surface area contributed by atoms with Crippen molar-refractivity contribution in [2.24, 2.45) is 0 Å². The monoisotopic (exact) mass is 572 g/mol. The van der Waals surface area contributed by atoms with Gasteiger partial charge in [-0.15, -0.1) is 6.92 Å². The Hall–Kier alpha value is -1.28. The Balaban J connectivity index is 0.00000306. The van der Waals surface area contributed by atoms with E-state index < -0.39 is 0 Å². The largest absolute Gasteiger partial charge is 4.00 e. The quantitative estimate of drug-likeness (QED) is 0.221. The maximum atomic E-state index is 3.85. The molecule has 0 aromatic heterocycles. The van der Waals surface area contributed by atoms with E-state index in [4.69, 9.17) is 0 Å². The summed E-state index contributed by atoms with van der Waals surface area (Å²) in [4.78, 5) is 0. The van der Waals surface area contributed by atoms with Crippen LogP contribution in [-0.4, -0.2) is 0 Å². The van der Waals surface area contributed by atoms with Gasteiger partial charge in [-0.25, -0.2) is 17.2 Å². The molecule has 0 saturated heterocycles.